The summed E-state index contributed by atoms with van der Waals surface area (Å²) in [6, 6.07) is 30.2. The number of esters is 1. The number of nitrogens with zero attached hydrogens (tertiary/aromatic N) is 2. The van der Waals surface area contributed by atoms with Gasteiger partial charge in [0.1, 0.15) is 29.2 Å². The zero-order valence-electron chi connectivity index (χ0n) is 18.0. The van der Waals surface area contributed by atoms with Crippen molar-refractivity contribution in [1.82, 2.24) is 4.98 Å². The van der Waals surface area contributed by atoms with Crippen LogP contribution < -0.4 is 0 Å². The summed E-state index contributed by atoms with van der Waals surface area (Å²) in [6.45, 7) is 0.227. The summed E-state index contributed by atoms with van der Waals surface area (Å²) in [4.78, 5) is 16.9. The Bertz CT molecular complexity index is 1490. The van der Waals surface area contributed by atoms with Crippen LogP contribution in [0, 0.1) is 11.3 Å². The van der Waals surface area contributed by atoms with Crippen molar-refractivity contribution in [2.45, 2.75) is 6.61 Å². The average Bonchev–Trinajstić information content (AvgIpc) is 3.53. The first kappa shape index (κ1) is 21.4. The lowest BCUT2D eigenvalue weighted by atomic mass is 10.1. The first-order valence-corrected chi connectivity index (χ1v) is 11.4. The molecule has 2 heterocycles. The summed E-state index contributed by atoms with van der Waals surface area (Å²) >= 11 is 1.47. The number of hydrogen-bond donors (Lipinski definition) is 0. The maximum atomic E-state index is 12.3. The van der Waals surface area contributed by atoms with Gasteiger partial charge >= 0.3 is 5.97 Å². The first-order chi connectivity index (χ1) is 16.7. The normalized spacial score (nSPS) is 11.3. The Hall–Kier alpha value is -4.47. The lowest BCUT2D eigenvalue weighted by Crippen LogP contribution is -2.04. The Morgan fingerprint density at radius 3 is 2.50 bits per heavy atom. The number of carbonyl (C=O) groups is 1. The molecule has 6 heteroatoms. The van der Waals surface area contributed by atoms with Gasteiger partial charge in [0.2, 0.25) is 0 Å². The van der Waals surface area contributed by atoms with Crippen molar-refractivity contribution < 1.29 is 13.9 Å². The molecule has 5 nitrogen and oxygen atoms in total. The number of fused-ring (bicyclic) bond motifs is 1. The molecule has 0 spiro atoms. The number of hydrogen-bond acceptors (Lipinski definition) is 6. The minimum Gasteiger partial charge on any atom is -0.457 e. The summed E-state index contributed by atoms with van der Waals surface area (Å²) < 4.78 is 12.3. The molecule has 0 saturated heterocycles. The topological polar surface area (TPSA) is 76.1 Å². The van der Waals surface area contributed by atoms with Gasteiger partial charge in [-0.2, -0.15) is 5.26 Å². The molecule has 0 atom stereocenters. The minimum atomic E-state index is -0.382. The molecule has 5 rings (SSSR count). The number of benzene rings is 3. The van der Waals surface area contributed by atoms with Crippen LogP contribution in [0.15, 0.2) is 95.4 Å². The molecule has 0 amide bonds. The number of allylic oxidation sites excluding steroid dienone is 1. The van der Waals surface area contributed by atoms with E-state index in [2.05, 4.69) is 11.1 Å². The van der Waals surface area contributed by atoms with E-state index in [0.717, 1.165) is 21.3 Å². The zero-order chi connectivity index (χ0) is 23.3. The third-order valence-electron chi connectivity index (χ3n) is 5.18. The van der Waals surface area contributed by atoms with E-state index in [-0.39, 0.29) is 12.6 Å². The van der Waals surface area contributed by atoms with E-state index >= 15 is 0 Å². The maximum absolute atomic E-state index is 12.3. The van der Waals surface area contributed by atoms with Gasteiger partial charge in [-0.1, -0.05) is 54.6 Å². The summed E-state index contributed by atoms with van der Waals surface area (Å²) in [6.07, 6.45) is 1.69. The van der Waals surface area contributed by atoms with Gasteiger partial charge in [0.15, 0.2) is 0 Å². The Labute approximate surface area is 200 Å². The van der Waals surface area contributed by atoms with Crippen molar-refractivity contribution in [1.29, 1.82) is 5.26 Å². The van der Waals surface area contributed by atoms with Gasteiger partial charge in [-0.05, 0) is 42.0 Å². The number of thiazole rings is 1. The Kier molecular flexibility index (Phi) is 6.02. The van der Waals surface area contributed by atoms with E-state index in [9.17, 15) is 10.1 Å². The van der Waals surface area contributed by atoms with Gasteiger partial charge in [0.25, 0.3) is 0 Å². The monoisotopic (exact) mass is 462 g/mol. The second kappa shape index (κ2) is 9.57. The van der Waals surface area contributed by atoms with E-state index in [1.807, 2.05) is 78.9 Å². The quantitative estimate of drug-likeness (QED) is 0.201. The number of nitriles is 1. The van der Waals surface area contributed by atoms with Gasteiger partial charge in [-0.3, -0.25) is 0 Å². The van der Waals surface area contributed by atoms with Crippen LogP contribution in [-0.4, -0.2) is 11.0 Å². The molecule has 0 saturated carbocycles. The molecule has 164 valence electrons. The highest BCUT2D eigenvalue weighted by Crippen LogP contribution is 2.29. The third kappa shape index (κ3) is 4.65. The number of rotatable bonds is 6. The van der Waals surface area contributed by atoms with Gasteiger partial charge in [-0.25, -0.2) is 9.78 Å². The highest BCUT2D eigenvalue weighted by atomic mass is 32.1. The second-order valence-corrected chi connectivity index (χ2v) is 8.53. The summed E-state index contributed by atoms with van der Waals surface area (Å²) in [7, 11) is 0. The fourth-order valence-electron chi connectivity index (χ4n) is 3.43. The van der Waals surface area contributed by atoms with Gasteiger partial charge in [-0.15, -0.1) is 11.3 Å². The molecule has 0 unspecified atom stereocenters. The molecule has 0 aliphatic carbocycles. The predicted octanol–water partition coefficient (Wildman–Crippen LogP) is 6.98. The van der Waals surface area contributed by atoms with E-state index in [4.69, 9.17) is 9.15 Å². The summed E-state index contributed by atoms with van der Waals surface area (Å²) in [5.41, 5.74) is 3.53. The van der Waals surface area contributed by atoms with Crippen molar-refractivity contribution in [3.63, 3.8) is 0 Å². The van der Waals surface area contributed by atoms with Crippen LogP contribution in [0.2, 0.25) is 0 Å². The molecule has 3 aromatic carbocycles. The third-order valence-corrected chi connectivity index (χ3v) is 6.25. The average molecular weight is 463 g/mol. The molecule has 34 heavy (non-hydrogen) atoms. The standard InChI is InChI=1S/C28H18N2O3S/c29-17-22(27-30-24-8-4-5-9-26(24)34-27)16-23-14-15-25(33-23)20-10-12-21(13-11-20)28(31)32-18-19-6-2-1-3-7-19/h1-16H,18H2/b22-16+. The number of carbonyl (C=O) groups excluding carboxylic acids is 1. The lowest BCUT2D eigenvalue weighted by molar-refractivity contribution is 0.0472. The highest BCUT2D eigenvalue weighted by molar-refractivity contribution is 7.19. The highest BCUT2D eigenvalue weighted by Gasteiger charge is 2.12. The fourth-order valence-corrected chi connectivity index (χ4v) is 4.37. The Balaban J connectivity index is 1.30. The number of aromatic nitrogens is 1. The molecule has 0 aliphatic rings. The van der Waals surface area contributed by atoms with Crippen molar-refractivity contribution in [3.8, 4) is 17.4 Å². The molecule has 2 aromatic heterocycles. The Morgan fingerprint density at radius 2 is 1.74 bits per heavy atom. The van der Waals surface area contributed by atoms with Crippen LogP contribution in [0.25, 0.3) is 33.2 Å². The van der Waals surface area contributed by atoms with E-state index < -0.39 is 0 Å². The number of ether oxygens (including phenoxy) is 1. The molecule has 0 N–H and O–H groups in total. The molecule has 0 radical (unpaired) electrons. The maximum Gasteiger partial charge on any atom is 0.338 e. The van der Waals surface area contributed by atoms with Crippen LogP contribution in [0.4, 0.5) is 0 Å². The molecule has 0 bridgehead atoms. The van der Waals surface area contributed by atoms with E-state index in [1.54, 1.807) is 18.2 Å². The van der Waals surface area contributed by atoms with Crippen LogP contribution >= 0.6 is 11.3 Å². The van der Waals surface area contributed by atoms with Crippen LogP contribution in [0.1, 0.15) is 26.7 Å². The minimum absolute atomic E-state index is 0.227. The summed E-state index contributed by atoms with van der Waals surface area (Å²) in [5, 5.41) is 10.3. The van der Waals surface area contributed by atoms with Gasteiger partial charge < -0.3 is 9.15 Å². The molecule has 5 aromatic rings. The van der Waals surface area contributed by atoms with Gasteiger partial charge in [0, 0.05) is 11.6 Å². The summed E-state index contributed by atoms with van der Waals surface area (Å²) in [5.74, 6) is 0.808. The van der Waals surface area contributed by atoms with Gasteiger partial charge in [0.05, 0.1) is 21.4 Å². The van der Waals surface area contributed by atoms with E-state index in [1.165, 1.54) is 11.3 Å². The van der Waals surface area contributed by atoms with Crippen molar-refractivity contribution in [3.05, 3.63) is 113 Å². The van der Waals surface area contributed by atoms with Crippen molar-refractivity contribution >= 4 is 39.2 Å². The first-order valence-electron chi connectivity index (χ1n) is 10.6. The van der Waals surface area contributed by atoms with Crippen LogP contribution in [0.3, 0.4) is 0 Å². The number of furan rings is 1. The molecule has 0 fully saturated rings. The van der Waals surface area contributed by atoms with Crippen LogP contribution in [0.5, 0.6) is 0 Å². The molecular formula is C28H18N2O3S. The van der Waals surface area contributed by atoms with E-state index in [0.29, 0.717) is 27.7 Å². The lowest BCUT2D eigenvalue weighted by Gasteiger charge is -2.05. The molecule has 0 aliphatic heterocycles. The fraction of sp³-hybridized carbons (Fsp3) is 0.0357. The largest absolute Gasteiger partial charge is 0.457 e. The number of para-hydroxylation sites is 1. The smallest absolute Gasteiger partial charge is 0.338 e. The van der Waals surface area contributed by atoms with Crippen molar-refractivity contribution in [2.75, 3.05) is 0 Å². The molecular weight excluding hydrogens is 444 g/mol. The van der Waals surface area contributed by atoms with Crippen LogP contribution in [-0.2, 0) is 11.3 Å². The zero-order valence-corrected chi connectivity index (χ0v) is 18.8. The predicted molar refractivity (Wildman–Crippen MR) is 133 cm³/mol. The SMILES string of the molecule is N#C/C(=C\c1ccc(-c2ccc(C(=O)OCc3ccccc3)cc2)o1)c1nc2ccccc2s1. The Morgan fingerprint density at radius 1 is 0.971 bits per heavy atom. The van der Waals surface area contributed by atoms with Crippen molar-refractivity contribution in [2.24, 2.45) is 0 Å². The second-order valence-electron chi connectivity index (χ2n) is 7.50.